The molecular formula is C19H29NO6. The Morgan fingerprint density at radius 1 is 1.35 bits per heavy atom. The molecule has 1 fully saturated rings. The van der Waals surface area contributed by atoms with Gasteiger partial charge in [-0.3, -0.25) is 9.59 Å². The maximum absolute atomic E-state index is 12.2. The molecule has 0 aliphatic heterocycles. The van der Waals surface area contributed by atoms with E-state index in [1.54, 1.807) is 20.8 Å². The average molecular weight is 367 g/mol. The molecule has 146 valence electrons. The number of ether oxygens (including phenoxy) is 2. The van der Waals surface area contributed by atoms with Crippen molar-refractivity contribution in [3.63, 3.8) is 0 Å². The summed E-state index contributed by atoms with van der Waals surface area (Å²) in [6, 6.07) is 0. The Labute approximate surface area is 154 Å². The summed E-state index contributed by atoms with van der Waals surface area (Å²) in [5.74, 6) is -0.836. The fourth-order valence-corrected chi connectivity index (χ4v) is 4.07. The van der Waals surface area contributed by atoms with E-state index in [2.05, 4.69) is 18.3 Å². The molecule has 2 aliphatic carbocycles. The fourth-order valence-electron chi connectivity index (χ4n) is 4.07. The normalized spacial score (nSPS) is 27.8. The number of alkyl carbamates (subject to hydrolysis) is 1. The van der Waals surface area contributed by atoms with Gasteiger partial charge >= 0.3 is 18.0 Å². The van der Waals surface area contributed by atoms with E-state index < -0.39 is 29.7 Å². The molecule has 0 spiro atoms. The Balaban J connectivity index is 1.95. The van der Waals surface area contributed by atoms with E-state index in [0.29, 0.717) is 5.92 Å². The zero-order chi connectivity index (χ0) is 19.5. The van der Waals surface area contributed by atoms with Crippen molar-refractivity contribution < 1.29 is 29.0 Å². The third kappa shape index (κ3) is 4.56. The number of carbonyl (C=O) groups excluding carboxylic acids is 2. The number of esters is 1. The Kier molecular flexibility index (Phi) is 6.31. The number of hydrogen-bond donors (Lipinski definition) is 2. The second-order valence-corrected chi connectivity index (χ2v) is 7.85. The van der Waals surface area contributed by atoms with E-state index >= 15 is 0 Å². The summed E-state index contributed by atoms with van der Waals surface area (Å²) < 4.78 is 10.4. The van der Waals surface area contributed by atoms with Crippen LogP contribution in [0.2, 0.25) is 0 Å². The van der Waals surface area contributed by atoms with Crippen LogP contribution in [0.5, 0.6) is 0 Å². The van der Waals surface area contributed by atoms with Gasteiger partial charge in [-0.1, -0.05) is 32.4 Å². The molecule has 2 rings (SSSR count). The highest BCUT2D eigenvalue weighted by atomic mass is 16.7. The van der Waals surface area contributed by atoms with Gasteiger partial charge in [-0.05, 0) is 31.6 Å². The first-order valence-corrected chi connectivity index (χ1v) is 9.20. The second kappa shape index (κ2) is 8.10. The minimum atomic E-state index is -0.958. The third-order valence-corrected chi connectivity index (χ3v) is 5.32. The van der Waals surface area contributed by atoms with Crippen molar-refractivity contribution in [2.75, 3.05) is 6.54 Å². The summed E-state index contributed by atoms with van der Waals surface area (Å²) in [4.78, 5) is 34.9. The van der Waals surface area contributed by atoms with E-state index in [1.807, 2.05) is 0 Å². The lowest BCUT2D eigenvalue weighted by Gasteiger charge is -2.51. The van der Waals surface area contributed by atoms with Crippen molar-refractivity contribution in [1.82, 2.24) is 5.32 Å². The predicted octanol–water partition coefficient (Wildman–Crippen LogP) is 3.10. The van der Waals surface area contributed by atoms with Gasteiger partial charge in [0.05, 0.1) is 6.42 Å². The van der Waals surface area contributed by atoms with Crippen LogP contribution >= 0.6 is 0 Å². The number of nitrogens with one attached hydrogen (secondary N) is 1. The molecule has 0 bridgehead atoms. The summed E-state index contributed by atoms with van der Waals surface area (Å²) in [6.45, 7) is 7.53. The van der Waals surface area contributed by atoms with E-state index in [-0.39, 0.29) is 31.2 Å². The predicted molar refractivity (Wildman–Crippen MR) is 94.1 cm³/mol. The maximum atomic E-state index is 12.2. The van der Waals surface area contributed by atoms with Crippen LogP contribution in [0.1, 0.15) is 53.4 Å². The summed E-state index contributed by atoms with van der Waals surface area (Å²) in [7, 11) is 0. The summed E-state index contributed by atoms with van der Waals surface area (Å²) >= 11 is 0. The Bertz CT molecular complexity index is 599. The SMILES string of the molecule is CCC(=O)O[C@H](OC(=O)NC[C@]1(CC(=O)O)C[C@H]2CC(C)=C[C@H]21)C(C)C. The zero-order valence-electron chi connectivity index (χ0n) is 15.9. The summed E-state index contributed by atoms with van der Waals surface area (Å²) in [5.41, 5.74) is 0.807. The highest BCUT2D eigenvalue weighted by molar-refractivity contribution is 5.71. The number of carboxylic acids is 1. The van der Waals surface area contributed by atoms with Gasteiger partial charge < -0.3 is 19.9 Å². The molecule has 1 saturated carbocycles. The van der Waals surface area contributed by atoms with Crippen molar-refractivity contribution in [3.05, 3.63) is 11.6 Å². The molecule has 0 heterocycles. The van der Waals surface area contributed by atoms with Crippen LogP contribution in [0.25, 0.3) is 0 Å². The Hall–Kier alpha value is -2.05. The van der Waals surface area contributed by atoms with E-state index in [9.17, 15) is 19.5 Å². The lowest BCUT2D eigenvalue weighted by atomic mass is 9.53. The van der Waals surface area contributed by atoms with E-state index in [0.717, 1.165) is 12.8 Å². The molecule has 2 N–H and O–H groups in total. The molecule has 0 unspecified atom stereocenters. The van der Waals surface area contributed by atoms with Crippen molar-refractivity contribution in [2.45, 2.75) is 59.7 Å². The van der Waals surface area contributed by atoms with E-state index in [4.69, 9.17) is 9.47 Å². The van der Waals surface area contributed by atoms with Crippen LogP contribution in [0.4, 0.5) is 4.79 Å². The minimum absolute atomic E-state index is 0.0106. The average Bonchev–Trinajstić information content (AvgIpc) is 2.86. The molecule has 7 nitrogen and oxygen atoms in total. The fraction of sp³-hybridized carbons (Fsp3) is 0.737. The highest BCUT2D eigenvalue weighted by Gasteiger charge is 2.55. The van der Waals surface area contributed by atoms with Crippen LogP contribution in [0, 0.1) is 23.2 Å². The molecule has 4 atom stereocenters. The molecule has 0 aromatic carbocycles. The van der Waals surface area contributed by atoms with Gasteiger partial charge in [0.1, 0.15) is 0 Å². The smallest absolute Gasteiger partial charge is 0.410 e. The lowest BCUT2D eigenvalue weighted by molar-refractivity contribution is -0.174. The van der Waals surface area contributed by atoms with Crippen molar-refractivity contribution in [2.24, 2.45) is 23.2 Å². The van der Waals surface area contributed by atoms with E-state index in [1.165, 1.54) is 5.57 Å². The van der Waals surface area contributed by atoms with Crippen molar-refractivity contribution in [1.29, 1.82) is 0 Å². The zero-order valence-corrected chi connectivity index (χ0v) is 15.9. The summed E-state index contributed by atoms with van der Waals surface area (Å²) in [5, 5.41) is 12.0. The van der Waals surface area contributed by atoms with Crippen molar-refractivity contribution in [3.8, 4) is 0 Å². The third-order valence-electron chi connectivity index (χ3n) is 5.32. The molecule has 26 heavy (non-hydrogen) atoms. The van der Waals surface area contributed by atoms with Gasteiger partial charge in [0.2, 0.25) is 0 Å². The summed E-state index contributed by atoms with van der Waals surface area (Å²) in [6.07, 6.45) is 2.47. The molecule has 2 aliphatic rings. The standard InChI is InChI=1S/C19H29NO6/c1-5-16(23)25-17(11(2)3)26-18(24)20-10-19(9-15(21)22)8-13-6-12(4)7-14(13)19/h7,11,13-14,17H,5-6,8-10H2,1-4H3,(H,20,24)(H,21,22)/t13-,14-,17-,19-/m1/s1. The number of aliphatic carboxylic acids is 1. The molecule has 0 aromatic heterocycles. The first-order valence-electron chi connectivity index (χ1n) is 9.20. The Morgan fingerprint density at radius 3 is 2.58 bits per heavy atom. The number of rotatable bonds is 8. The first kappa shape index (κ1) is 20.3. The Morgan fingerprint density at radius 2 is 2.04 bits per heavy atom. The maximum Gasteiger partial charge on any atom is 0.410 e. The van der Waals surface area contributed by atoms with Crippen LogP contribution in [-0.4, -0.2) is 36.0 Å². The molecule has 1 amide bonds. The van der Waals surface area contributed by atoms with Crippen LogP contribution < -0.4 is 5.32 Å². The number of amides is 1. The van der Waals surface area contributed by atoms with Gasteiger partial charge in [-0.15, -0.1) is 0 Å². The second-order valence-electron chi connectivity index (χ2n) is 7.85. The number of hydrogen-bond acceptors (Lipinski definition) is 5. The van der Waals surface area contributed by atoms with Crippen LogP contribution in [0.15, 0.2) is 11.6 Å². The first-order chi connectivity index (χ1) is 12.2. The van der Waals surface area contributed by atoms with Crippen LogP contribution in [0.3, 0.4) is 0 Å². The van der Waals surface area contributed by atoms with Crippen LogP contribution in [-0.2, 0) is 19.1 Å². The number of carbonyl (C=O) groups is 3. The van der Waals surface area contributed by atoms with Gasteiger partial charge in [-0.2, -0.15) is 0 Å². The number of carboxylic acid groups (broad SMARTS) is 1. The number of allylic oxidation sites excluding steroid dienone is 2. The minimum Gasteiger partial charge on any atom is -0.481 e. The topological polar surface area (TPSA) is 102 Å². The van der Waals surface area contributed by atoms with Gasteiger partial charge in [0.15, 0.2) is 0 Å². The quantitative estimate of drug-likeness (QED) is 0.388. The molecular weight excluding hydrogens is 338 g/mol. The van der Waals surface area contributed by atoms with Gasteiger partial charge in [-0.25, -0.2) is 4.79 Å². The van der Waals surface area contributed by atoms with Gasteiger partial charge in [0, 0.05) is 24.3 Å². The molecule has 0 radical (unpaired) electrons. The molecule has 0 aromatic rings. The van der Waals surface area contributed by atoms with Crippen molar-refractivity contribution >= 4 is 18.0 Å². The monoisotopic (exact) mass is 367 g/mol. The molecule has 0 saturated heterocycles. The number of fused-ring (bicyclic) bond motifs is 1. The van der Waals surface area contributed by atoms with Gasteiger partial charge in [0.25, 0.3) is 6.29 Å². The molecule has 7 heteroatoms. The lowest BCUT2D eigenvalue weighted by Crippen LogP contribution is -2.53. The largest absolute Gasteiger partial charge is 0.481 e. The highest BCUT2D eigenvalue weighted by Crippen LogP contribution is 2.59.